The van der Waals surface area contributed by atoms with Gasteiger partial charge >= 0.3 is 5.97 Å². The Bertz CT molecular complexity index is 500. The van der Waals surface area contributed by atoms with Crippen molar-refractivity contribution in [3.8, 4) is 0 Å². The van der Waals surface area contributed by atoms with Crippen molar-refractivity contribution in [2.24, 2.45) is 0 Å². The lowest BCUT2D eigenvalue weighted by molar-refractivity contribution is 0.0606. The van der Waals surface area contributed by atoms with Crippen LogP contribution in [0.2, 0.25) is 0 Å². The van der Waals surface area contributed by atoms with Gasteiger partial charge in [-0.05, 0) is 28.5 Å². The van der Waals surface area contributed by atoms with Gasteiger partial charge in [0.1, 0.15) is 9.88 Å². The van der Waals surface area contributed by atoms with Crippen LogP contribution in [-0.4, -0.2) is 18.1 Å². The summed E-state index contributed by atoms with van der Waals surface area (Å²) in [5.41, 5.74) is 1.14. The third-order valence-electron chi connectivity index (χ3n) is 1.87. The van der Waals surface area contributed by atoms with Crippen molar-refractivity contribution in [2.45, 2.75) is 0 Å². The monoisotopic (exact) mass is 251 g/mol. The molecule has 0 atom stereocenters. The molecule has 0 bridgehead atoms. The number of ether oxygens (including phenoxy) is 1. The van der Waals surface area contributed by atoms with Gasteiger partial charge in [0.25, 0.3) is 0 Å². The number of esters is 1. The second kappa shape index (κ2) is 5.05. The van der Waals surface area contributed by atoms with Crippen LogP contribution in [-0.2, 0) is 4.74 Å². The smallest absolute Gasteiger partial charge is 0.349 e. The lowest BCUT2D eigenvalue weighted by Gasteiger charge is -1.90. The van der Waals surface area contributed by atoms with Crippen LogP contribution in [0.3, 0.4) is 0 Å². The molecule has 0 radical (unpaired) electrons. The molecule has 16 heavy (non-hydrogen) atoms. The molecule has 82 valence electrons. The van der Waals surface area contributed by atoms with Crippen LogP contribution >= 0.6 is 22.7 Å². The van der Waals surface area contributed by atoms with Gasteiger partial charge in [0, 0.05) is 0 Å². The molecule has 0 aromatic carbocycles. The number of carbonyl (C=O) groups excluding carboxylic acids is 1. The molecule has 0 unspecified atom stereocenters. The van der Waals surface area contributed by atoms with Crippen molar-refractivity contribution >= 4 is 40.8 Å². The van der Waals surface area contributed by atoms with Crippen LogP contribution in [0.1, 0.15) is 20.2 Å². The zero-order valence-electron chi connectivity index (χ0n) is 8.54. The van der Waals surface area contributed by atoms with E-state index in [0.29, 0.717) is 4.88 Å². The average Bonchev–Trinajstić information content (AvgIpc) is 2.96. The highest BCUT2D eigenvalue weighted by molar-refractivity contribution is 7.14. The van der Waals surface area contributed by atoms with Crippen molar-refractivity contribution < 1.29 is 9.53 Å². The quantitative estimate of drug-likeness (QED) is 0.787. The summed E-state index contributed by atoms with van der Waals surface area (Å²) in [7, 11) is 1.36. The average molecular weight is 251 g/mol. The largest absolute Gasteiger partial charge is 0.465 e. The van der Waals surface area contributed by atoms with Crippen LogP contribution in [0.5, 0.6) is 0 Å². The number of thiophene rings is 1. The van der Waals surface area contributed by atoms with E-state index in [1.165, 1.54) is 24.6 Å². The lowest BCUT2D eigenvalue weighted by Crippen LogP contribution is -1.96. The topological polar surface area (TPSA) is 39.2 Å². The maximum Gasteiger partial charge on any atom is 0.349 e. The summed E-state index contributed by atoms with van der Waals surface area (Å²) in [5, 5.41) is 4.86. The Hall–Kier alpha value is -1.46. The minimum atomic E-state index is -0.340. The number of rotatable bonds is 3. The summed E-state index contributed by atoms with van der Waals surface area (Å²) in [6.07, 6.45) is 5.39. The fraction of sp³-hybridized carbons (Fsp3) is 0.0909. The van der Waals surface area contributed by atoms with Gasteiger partial charge in [-0.2, -0.15) is 11.3 Å². The number of methoxy groups -OCH3 is 1. The third kappa shape index (κ3) is 2.56. The Balaban J connectivity index is 2.11. The van der Waals surface area contributed by atoms with Gasteiger partial charge in [-0.15, -0.1) is 11.3 Å². The molecule has 5 heteroatoms. The Morgan fingerprint density at radius 2 is 2.38 bits per heavy atom. The first-order chi connectivity index (χ1) is 7.79. The molecule has 0 saturated carbocycles. The van der Waals surface area contributed by atoms with Crippen molar-refractivity contribution in [1.82, 2.24) is 4.98 Å². The molecule has 0 aliphatic heterocycles. The molecular formula is C11H9NO2S2. The van der Waals surface area contributed by atoms with Crippen molar-refractivity contribution in [3.05, 3.63) is 38.5 Å². The van der Waals surface area contributed by atoms with E-state index in [2.05, 4.69) is 9.72 Å². The first-order valence-corrected chi connectivity index (χ1v) is 6.30. The van der Waals surface area contributed by atoms with E-state index in [-0.39, 0.29) is 5.97 Å². The van der Waals surface area contributed by atoms with Crippen LogP contribution in [0.25, 0.3) is 12.2 Å². The Kier molecular flexibility index (Phi) is 3.48. The summed E-state index contributed by atoms with van der Waals surface area (Å²) >= 11 is 2.96. The number of carbonyl (C=O) groups is 1. The van der Waals surface area contributed by atoms with Crippen molar-refractivity contribution in [1.29, 1.82) is 0 Å². The van der Waals surface area contributed by atoms with Gasteiger partial charge in [-0.1, -0.05) is 6.08 Å². The Morgan fingerprint density at radius 1 is 1.50 bits per heavy atom. The zero-order valence-corrected chi connectivity index (χ0v) is 10.2. The van der Waals surface area contributed by atoms with E-state index in [4.69, 9.17) is 0 Å². The summed E-state index contributed by atoms with van der Waals surface area (Å²) in [4.78, 5) is 15.8. The van der Waals surface area contributed by atoms with Crippen molar-refractivity contribution in [3.63, 3.8) is 0 Å². The van der Waals surface area contributed by atoms with E-state index in [0.717, 1.165) is 10.6 Å². The van der Waals surface area contributed by atoms with Crippen LogP contribution < -0.4 is 0 Å². The third-order valence-corrected chi connectivity index (χ3v) is 3.52. The van der Waals surface area contributed by atoms with Gasteiger partial charge in [-0.25, -0.2) is 9.78 Å². The van der Waals surface area contributed by atoms with Gasteiger partial charge in [-0.3, -0.25) is 0 Å². The highest BCUT2D eigenvalue weighted by Crippen LogP contribution is 2.17. The Labute approximate surface area is 101 Å². The highest BCUT2D eigenvalue weighted by Gasteiger charge is 2.08. The maximum atomic E-state index is 11.2. The summed E-state index contributed by atoms with van der Waals surface area (Å²) in [5.74, 6) is -0.340. The Morgan fingerprint density at radius 3 is 3.06 bits per heavy atom. The van der Waals surface area contributed by atoms with Gasteiger partial charge in [0.15, 0.2) is 0 Å². The van der Waals surface area contributed by atoms with Gasteiger partial charge < -0.3 is 4.74 Å². The number of thiazole rings is 1. The van der Waals surface area contributed by atoms with Crippen LogP contribution in [0, 0.1) is 0 Å². The summed E-state index contributed by atoms with van der Waals surface area (Å²) in [6, 6.07) is 2.02. The lowest BCUT2D eigenvalue weighted by atomic mass is 10.3. The minimum absolute atomic E-state index is 0.340. The molecule has 2 aromatic rings. The molecule has 0 spiro atoms. The molecule has 2 aromatic heterocycles. The first-order valence-electron chi connectivity index (χ1n) is 4.54. The highest BCUT2D eigenvalue weighted by atomic mass is 32.1. The molecule has 0 amide bonds. The van der Waals surface area contributed by atoms with E-state index in [1.54, 1.807) is 11.3 Å². The number of aromatic nitrogens is 1. The molecule has 0 fully saturated rings. The van der Waals surface area contributed by atoms with Crippen LogP contribution in [0.4, 0.5) is 0 Å². The molecular weight excluding hydrogens is 242 g/mol. The van der Waals surface area contributed by atoms with Crippen LogP contribution in [0.15, 0.2) is 23.0 Å². The number of hydrogen-bond acceptors (Lipinski definition) is 5. The van der Waals surface area contributed by atoms with Gasteiger partial charge in [0.2, 0.25) is 0 Å². The van der Waals surface area contributed by atoms with E-state index in [1.807, 2.05) is 29.0 Å². The predicted octanol–water partition coefficient (Wildman–Crippen LogP) is 3.16. The minimum Gasteiger partial charge on any atom is -0.465 e. The normalized spacial score (nSPS) is 10.8. The van der Waals surface area contributed by atoms with E-state index in [9.17, 15) is 4.79 Å². The fourth-order valence-electron chi connectivity index (χ4n) is 1.10. The zero-order chi connectivity index (χ0) is 11.4. The number of nitrogens with zero attached hydrogens (tertiary/aromatic N) is 1. The van der Waals surface area contributed by atoms with E-state index >= 15 is 0 Å². The number of hydrogen-bond donors (Lipinski definition) is 0. The molecule has 0 N–H and O–H groups in total. The van der Waals surface area contributed by atoms with E-state index < -0.39 is 0 Å². The molecule has 0 saturated heterocycles. The first kappa shape index (κ1) is 11.0. The van der Waals surface area contributed by atoms with Gasteiger partial charge in [0.05, 0.1) is 13.3 Å². The molecule has 2 rings (SSSR count). The molecule has 2 heterocycles. The summed E-state index contributed by atoms with van der Waals surface area (Å²) in [6.45, 7) is 0. The standard InChI is InChI=1S/C11H9NO2S2/c1-14-11(13)9-6-12-10(16-9)3-2-8-4-5-15-7-8/h2-7H,1H3/b3-2+. The SMILES string of the molecule is COC(=O)c1cnc(/C=C/c2ccsc2)s1. The maximum absolute atomic E-state index is 11.2. The molecule has 0 aliphatic rings. The fourth-order valence-corrected chi connectivity index (χ4v) is 2.46. The predicted molar refractivity (Wildman–Crippen MR) is 66.7 cm³/mol. The van der Waals surface area contributed by atoms with Crippen molar-refractivity contribution in [2.75, 3.05) is 7.11 Å². The second-order valence-corrected chi connectivity index (χ2v) is 4.79. The molecule has 0 aliphatic carbocycles. The second-order valence-electron chi connectivity index (χ2n) is 2.94. The summed E-state index contributed by atoms with van der Waals surface area (Å²) < 4.78 is 4.61. The molecule has 3 nitrogen and oxygen atoms in total.